The minimum atomic E-state index is -0.673. The van der Waals surface area contributed by atoms with Gasteiger partial charge in [-0.25, -0.2) is 0 Å². The van der Waals surface area contributed by atoms with E-state index in [9.17, 15) is 19.8 Å². The number of ether oxygens (including phenoxy) is 1. The van der Waals surface area contributed by atoms with Gasteiger partial charge in [-0.3, -0.25) is 9.59 Å². The highest BCUT2D eigenvalue weighted by molar-refractivity contribution is 5.76. The molecule has 0 aliphatic heterocycles. The van der Waals surface area contributed by atoms with Crippen LogP contribution in [-0.2, 0) is 14.3 Å². The molecule has 0 aromatic heterocycles. The van der Waals surface area contributed by atoms with Gasteiger partial charge in [0.2, 0.25) is 5.91 Å². The molecule has 0 heterocycles. The fraction of sp³-hybridized carbons (Fsp3) is 0.906. The van der Waals surface area contributed by atoms with Crippen LogP contribution in [0.25, 0.3) is 0 Å². The second kappa shape index (κ2) is 59.9. The number of aliphatic hydroxyl groups excluding tert-OH is 2. The summed E-state index contributed by atoms with van der Waals surface area (Å²) >= 11 is 0. The molecule has 6 heteroatoms. The molecule has 0 fully saturated rings. The van der Waals surface area contributed by atoms with Crippen molar-refractivity contribution >= 4 is 11.9 Å². The highest BCUT2D eigenvalue weighted by Gasteiger charge is 2.20. The predicted octanol–water partition coefficient (Wildman–Crippen LogP) is 19.8. The molecule has 70 heavy (non-hydrogen) atoms. The standard InChI is InChI=1S/C64H123NO5/c1-3-5-7-9-11-13-15-17-19-20-21-22-23-24-25-26-27-29-32-36-40-44-48-52-56-62(67)61(60-66)65-63(68)57-53-49-45-41-37-33-30-31-35-39-43-47-51-55-59-70-64(69)58-54-50-46-42-38-34-28-18-16-14-12-10-8-6-4-2/h12,14,18,28,61-62,66-67H,3-11,13,15-17,19-27,29-60H2,1-2H3,(H,65,68)/b14-12-,28-18-. The lowest BCUT2D eigenvalue weighted by Gasteiger charge is -2.22. The number of unbranched alkanes of at least 4 members (excludes halogenated alkanes) is 44. The number of hydrogen-bond donors (Lipinski definition) is 3. The third-order valence-electron chi connectivity index (χ3n) is 14.8. The minimum absolute atomic E-state index is 0.0151. The van der Waals surface area contributed by atoms with Gasteiger partial charge in [0.05, 0.1) is 25.4 Å². The summed E-state index contributed by atoms with van der Waals surface area (Å²) in [4.78, 5) is 24.6. The molecule has 0 aliphatic carbocycles. The van der Waals surface area contributed by atoms with Crippen LogP contribution in [0.3, 0.4) is 0 Å². The molecule has 1 amide bonds. The van der Waals surface area contributed by atoms with Crippen molar-refractivity contribution in [2.75, 3.05) is 13.2 Å². The number of aliphatic hydroxyl groups is 2. The van der Waals surface area contributed by atoms with Crippen LogP contribution in [0.1, 0.15) is 348 Å². The maximum Gasteiger partial charge on any atom is 0.305 e. The van der Waals surface area contributed by atoms with E-state index in [4.69, 9.17) is 4.74 Å². The smallest absolute Gasteiger partial charge is 0.305 e. The third kappa shape index (κ3) is 55.7. The summed E-state index contributed by atoms with van der Waals surface area (Å²) in [7, 11) is 0. The minimum Gasteiger partial charge on any atom is -0.466 e. The third-order valence-corrected chi connectivity index (χ3v) is 14.8. The van der Waals surface area contributed by atoms with E-state index in [2.05, 4.69) is 43.5 Å². The molecule has 0 aromatic rings. The van der Waals surface area contributed by atoms with Crippen LogP contribution in [0, 0.1) is 0 Å². The lowest BCUT2D eigenvalue weighted by Crippen LogP contribution is -2.45. The van der Waals surface area contributed by atoms with Crippen LogP contribution in [0.5, 0.6) is 0 Å². The summed E-state index contributed by atoms with van der Waals surface area (Å²) in [6.45, 7) is 4.92. The summed E-state index contributed by atoms with van der Waals surface area (Å²) in [5.41, 5.74) is 0. The van der Waals surface area contributed by atoms with Gasteiger partial charge in [-0.05, 0) is 57.8 Å². The first-order valence-electron chi connectivity index (χ1n) is 31.6. The van der Waals surface area contributed by atoms with Crippen molar-refractivity contribution in [3.63, 3.8) is 0 Å². The van der Waals surface area contributed by atoms with Crippen molar-refractivity contribution in [2.24, 2.45) is 0 Å². The van der Waals surface area contributed by atoms with Gasteiger partial charge < -0.3 is 20.3 Å². The van der Waals surface area contributed by atoms with Crippen LogP contribution >= 0.6 is 0 Å². The van der Waals surface area contributed by atoms with Crippen LogP contribution < -0.4 is 5.32 Å². The Morgan fingerprint density at radius 3 is 1.11 bits per heavy atom. The van der Waals surface area contributed by atoms with Gasteiger partial charge in [-0.2, -0.15) is 0 Å². The molecule has 0 saturated carbocycles. The number of rotatable bonds is 59. The average molecular weight is 987 g/mol. The van der Waals surface area contributed by atoms with Crippen LogP contribution in [-0.4, -0.2) is 47.4 Å². The molecule has 3 N–H and O–H groups in total. The lowest BCUT2D eigenvalue weighted by molar-refractivity contribution is -0.143. The zero-order valence-electron chi connectivity index (χ0n) is 47.3. The summed E-state index contributed by atoms with van der Waals surface area (Å²) in [6.07, 6.45) is 73.2. The summed E-state index contributed by atoms with van der Waals surface area (Å²) in [5, 5.41) is 23.4. The molecule has 2 atom stereocenters. The summed E-state index contributed by atoms with van der Waals surface area (Å²) in [5.74, 6) is -0.0574. The Labute approximate surface area is 437 Å². The number of carbonyl (C=O) groups is 2. The molecule has 0 aliphatic rings. The van der Waals surface area contributed by atoms with Crippen molar-refractivity contribution in [1.29, 1.82) is 0 Å². The Bertz CT molecular complexity index is 1090. The predicted molar refractivity (Wildman–Crippen MR) is 306 cm³/mol. The number of esters is 1. The Balaban J connectivity index is 3.44. The number of carbonyl (C=O) groups excluding carboxylic acids is 2. The Morgan fingerprint density at radius 2 is 0.714 bits per heavy atom. The molecule has 6 nitrogen and oxygen atoms in total. The topological polar surface area (TPSA) is 95.9 Å². The van der Waals surface area contributed by atoms with Crippen molar-refractivity contribution in [2.45, 2.75) is 360 Å². The van der Waals surface area contributed by atoms with Gasteiger partial charge in [0.15, 0.2) is 0 Å². The fourth-order valence-corrected chi connectivity index (χ4v) is 9.91. The molecule has 0 radical (unpaired) electrons. The number of allylic oxidation sites excluding steroid dienone is 4. The molecular weight excluding hydrogens is 863 g/mol. The van der Waals surface area contributed by atoms with Crippen LogP contribution in [0.2, 0.25) is 0 Å². The molecule has 414 valence electrons. The van der Waals surface area contributed by atoms with E-state index in [1.54, 1.807) is 0 Å². The summed E-state index contributed by atoms with van der Waals surface area (Å²) in [6, 6.07) is -0.551. The number of hydrogen-bond acceptors (Lipinski definition) is 5. The monoisotopic (exact) mass is 986 g/mol. The number of amides is 1. The first kappa shape index (κ1) is 68.3. The average Bonchev–Trinajstić information content (AvgIpc) is 3.36. The SMILES string of the molecule is CCCCC/C=C\C/C=C\CCCCCCCC(=O)OCCCCCCCCCCCCCCCCC(=O)NC(CO)C(O)CCCCCCCCCCCCCCCCCCCCCCCCCC. The molecule has 0 aromatic carbocycles. The Hall–Kier alpha value is -1.66. The van der Waals surface area contributed by atoms with Crippen molar-refractivity contribution in [1.82, 2.24) is 5.32 Å². The van der Waals surface area contributed by atoms with Gasteiger partial charge in [0, 0.05) is 12.8 Å². The zero-order valence-corrected chi connectivity index (χ0v) is 47.3. The molecule has 0 saturated heterocycles. The Kier molecular flexibility index (Phi) is 58.5. The molecular formula is C64H123NO5. The van der Waals surface area contributed by atoms with Gasteiger partial charge in [0.1, 0.15) is 0 Å². The van der Waals surface area contributed by atoms with Crippen LogP contribution in [0.4, 0.5) is 0 Å². The molecule has 0 rings (SSSR count). The largest absolute Gasteiger partial charge is 0.466 e. The highest BCUT2D eigenvalue weighted by Crippen LogP contribution is 2.18. The van der Waals surface area contributed by atoms with E-state index >= 15 is 0 Å². The quantitative estimate of drug-likeness (QED) is 0.0321. The van der Waals surface area contributed by atoms with Gasteiger partial charge >= 0.3 is 5.97 Å². The van der Waals surface area contributed by atoms with E-state index in [0.717, 1.165) is 57.8 Å². The van der Waals surface area contributed by atoms with E-state index in [-0.39, 0.29) is 18.5 Å². The summed E-state index contributed by atoms with van der Waals surface area (Å²) < 4.78 is 5.47. The van der Waals surface area contributed by atoms with E-state index < -0.39 is 12.1 Å². The van der Waals surface area contributed by atoms with E-state index in [1.165, 1.54) is 257 Å². The van der Waals surface area contributed by atoms with Crippen molar-refractivity contribution < 1.29 is 24.5 Å². The fourth-order valence-electron chi connectivity index (χ4n) is 9.91. The zero-order chi connectivity index (χ0) is 50.7. The molecule has 0 bridgehead atoms. The first-order valence-corrected chi connectivity index (χ1v) is 31.6. The molecule has 2 unspecified atom stereocenters. The second-order valence-electron chi connectivity index (χ2n) is 21.7. The highest BCUT2D eigenvalue weighted by atomic mass is 16.5. The van der Waals surface area contributed by atoms with Gasteiger partial charge in [0.25, 0.3) is 0 Å². The van der Waals surface area contributed by atoms with Crippen LogP contribution in [0.15, 0.2) is 24.3 Å². The Morgan fingerprint density at radius 1 is 0.400 bits per heavy atom. The second-order valence-corrected chi connectivity index (χ2v) is 21.7. The maximum atomic E-state index is 12.5. The van der Waals surface area contributed by atoms with Gasteiger partial charge in [-0.15, -0.1) is 0 Å². The van der Waals surface area contributed by atoms with Crippen molar-refractivity contribution in [3.05, 3.63) is 24.3 Å². The number of nitrogens with one attached hydrogen (secondary N) is 1. The first-order chi connectivity index (χ1) is 34.5. The maximum absolute atomic E-state index is 12.5. The van der Waals surface area contributed by atoms with Gasteiger partial charge in [-0.1, -0.05) is 301 Å². The van der Waals surface area contributed by atoms with E-state index in [0.29, 0.717) is 25.9 Å². The normalized spacial score (nSPS) is 12.7. The lowest BCUT2D eigenvalue weighted by atomic mass is 10.0. The van der Waals surface area contributed by atoms with Crippen molar-refractivity contribution in [3.8, 4) is 0 Å². The van der Waals surface area contributed by atoms with E-state index in [1.807, 2.05) is 0 Å². The molecule has 0 spiro atoms.